The third-order valence-electron chi connectivity index (χ3n) is 1.87. The number of hydrogen-bond acceptors (Lipinski definition) is 3. The number of carbonyl (C=O) groups excluding carboxylic acids is 1. The first-order valence-electron chi connectivity index (χ1n) is 4.04. The van der Waals surface area contributed by atoms with Gasteiger partial charge in [0.25, 0.3) is 0 Å². The zero-order valence-electron chi connectivity index (χ0n) is 7.51. The quantitative estimate of drug-likeness (QED) is 0.417. The van der Waals surface area contributed by atoms with Gasteiger partial charge < -0.3 is 9.47 Å². The second-order valence-electron chi connectivity index (χ2n) is 2.91. The molecule has 3 nitrogen and oxygen atoms in total. The van der Waals surface area contributed by atoms with Crippen LogP contribution in [0.2, 0.25) is 0 Å². The van der Waals surface area contributed by atoms with Crippen molar-refractivity contribution in [2.45, 2.75) is 24.6 Å². The van der Waals surface area contributed by atoms with E-state index in [1.807, 2.05) is 0 Å². The normalized spacial score (nSPS) is 26.5. The Morgan fingerprint density at radius 2 is 2.07 bits per heavy atom. The molecule has 0 radical (unpaired) electrons. The summed E-state index contributed by atoms with van der Waals surface area (Å²) >= 11 is 0. The molecule has 0 saturated carbocycles. The summed E-state index contributed by atoms with van der Waals surface area (Å²) in [7, 11) is 0. The van der Waals surface area contributed by atoms with Crippen LogP contribution >= 0.6 is 0 Å². The number of carbonyl (C=O) groups is 1. The molecule has 86 valence electrons. The Kier molecular flexibility index (Phi) is 3.03. The molecule has 0 aromatic heterocycles. The lowest BCUT2D eigenvalue weighted by atomic mass is 10.0. The smallest absolute Gasteiger partial charge is 0.422 e. The molecule has 15 heavy (non-hydrogen) atoms. The van der Waals surface area contributed by atoms with Gasteiger partial charge in [0.15, 0.2) is 0 Å². The minimum atomic E-state index is -4.42. The molecule has 0 aromatic carbocycles. The van der Waals surface area contributed by atoms with Gasteiger partial charge in [-0.3, -0.25) is 0 Å². The summed E-state index contributed by atoms with van der Waals surface area (Å²) in [5.41, 5.74) is 0. The lowest BCUT2D eigenvalue weighted by Crippen LogP contribution is -2.65. The van der Waals surface area contributed by atoms with Gasteiger partial charge in [-0.15, -0.1) is 0 Å². The summed E-state index contributed by atoms with van der Waals surface area (Å²) in [6, 6.07) is 0. The van der Waals surface area contributed by atoms with E-state index < -0.39 is 37.1 Å². The Morgan fingerprint density at radius 3 is 2.47 bits per heavy atom. The van der Waals surface area contributed by atoms with Crippen molar-refractivity contribution in [3.05, 3.63) is 12.7 Å². The maximum absolute atomic E-state index is 12.6. The first-order chi connectivity index (χ1) is 6.81. The summed E-state index contributed by atoms with van der Waals surface area (Å²) in [5.74, 6) is -5.00. The van der Waals surface area contributed by atoms with E-state index in [-0.39, 0.29) is 0 Å². The number of halogens is 4. The van der Waals surface area contributed by atoms with Gasteiger partial charge in [0.05, 0.1) is 6.61 Å². The fourth-order valence-corrected chi connectivity index (χ4v) is 1.03. The molecule has 1 saturated heterocycles. The molecule has 1 atom stereocenters. The molecule has 0 aliphatic carbocycles. The zero-order chi connectivity index (χ0) is 11.7. The van der Waals surface area contributed by atoms with E-state index in [2.05, 4.69) is 16.1 Å². The topological polar surface area (TPSA) is 35.5 Å². The minimum absolute atomic E-state index is 0.415. The van der Waals surface area contributed by atoms with Crippen LogP contribution in [-0.2, 0) is 14.3 Å². The molecular formula is C8H8F4O3. The van der Waals surface area contributed by atoms with Gasteiger partial charge in [-0.05, 0) is 0 Å². The highest BCUT2D eigenvalue weighted by Gasteiger charge is 2.73. The van der Waals surface area contributed by atoms with Crippen LogP contribution in [0.1, 0.15) is 6.42 Å². The van der Waals surface area contributed by atoms with Crippen molar-refractivity contribution >= 4 is 5.97 Å². The second-order valence-corrected chi connectivity index (χ2v) is 2.91. The predicted molar refractivity (Wildman–Crippen MR) is 40.5 cm³/mol. The number of ether oxygens (including phenoxy) is 2. The number of alkyl halides is 4. The second kappa shape index (κ2) is 3.80. The van der Waals surface area contributed by atoms with Crippen molar-refractivity contribution < 1.29 is 31.8 Å². The lowest BCUT2D eigenvalue weighted by Gasteiger charge is -2.42. The van der Waals surface area contributed by atoms with Crippen LogP contribution in [-0.4, -0.2) is 30.7 Å². The summed E-state index contributed by atoms with van der Waals surface area (Å²) < 4.78 is 57.3. The third-order valence-corrected chi connectivity index (χ3v) is 1.87. The molecule has 1 aliphatic heterocycles. The highest BCUT2D eigenvalue weighted by molar-refractivity contribution is 5.81. The van der Waals surface area contributed by atoms with Crippen LogP contribution in [0.4, 0.5) is 17.6 Å². The predicted octanol–water partition coefficient (Wildman–Crippen LogP) is 1.73. The van der Waals surface area contributed by atoms with E-state index in [1.54, 1.807) is 0 Å². The van der Waals surface area contributed by atoms with Gasteiger partial charge in [-0.1, -0.05) is 6.58 Å². The Morgan fingerprint density at radius 1 is 1.47 bits per heavy atom. The molecule has 1 aliphatic rings. The van der Waals surface area contributed by atoms with Crippen LogP contribution in [0.15, 0.2) is 12.7 Å². The van der Waals surface area contributed by atoms with Crippen LogP contribution in [0.25, 0.3) is 0 Å². The molecular weight excluding hydrogens is 220 g/mol. The Hall–Kier alpha value is -1.11. The summed E-state index contributed by atoms with van der Waals surface area (Å²) in [5, 5.41) is 0. The molecule has 1 unspecified atom stereocenters. The number of rotatable bonds is 4. The molecule has 0 bridgehead atoms. The highest BCUT2D eigenvalue weighted by atomic mass is 19.3. The van der Waals surface area contributed by atoms with Crippen molar-refractivity contribution in [3.8, 4) is 0 Å². The van der Waals surface area contributed by atoms with E-state index in [0.29, 0.717) is 0 Å². The Bertz CT molecular complexity index is 277. The van der Waals surface area contributed by atoms with Gasteiger partial charge in [-0.2, -0.15) is 17.6 Å². The fourth-order valence-electron chi connectivity index (χ4n) is 1.03. The van der Waals surface area contributed by atoms with Gasteiger partial charge in [0.1, 0.15) is 6.10 Å². The van der Waals surface area contributed by atoms with Crippen molar-refractivity contribution in [1.82, 2.24) is 0 Å². The highest BCUT2D eigenvalue weighted by Crippen LogP contribution is 2.50. The van der Waals surface area contributed by atoms with E-state index in [1.165, 1.54) is 0 Å². The lowest BCUT2D eigenvalue weighted by molar-refractivity contribution is -0.477. The standard InChI is InChI=1S/C8H8F4O3/c1-2-6(13)14-4-3-5-7(9,10)8(11,12)15-5/h2,5H,1,3-4H2. The monoisotopic (exact) mass is 228 g/mol. The first kappa shape index (κ1) is 12.0. The van der Waals surface area contributed by atoms with Gasteiger partial charge >= 0.3 is 18.0 Å². The average molecular weight is 228 g/mol. The molecule has 0 spiro atoms. The molecule has 7 heteroatoms. The maximum Gasteiger partial charge on any atom is 0.422 e. The van der Waals surface area contributed by atoms with Crippen molar-refractivity contribution in [3.63, 3.8) is 0 Å². The molecule has 1 fully saturated rings. The Labute approximate surface area is 82.6 Å². The molecule has 0 amide bonds. The van der Waals surface area contributed by atoms with Crippen LogP contribution < -0.4 is 0 Å². The molecule has 0 aromatic rings. The number of esters is 1. The maximum atomic E-state index is 12.6. The fraction of sp³-hybridized carbons (Fsp3) is 0.625. The van der Waals surface area contributed by atoms with Crippen LogP contribution in [0, 0.1) is 0 Å². The molecule has 0 N–H and O–H groups in total. The molecule has 1 rings (SSSR count). The van der Waals surface area contributed by atoms with Crippen molar-refractivity contribution in [2.24, 2.45) is 0 Å². The van der Waals surface area contributed by atoms with Gasteiger partial charge in [-0.25, -0.2) is 4.79 Å². The zero-order valence-corrected chi connectivity index (χ0v) is 7.51. The summed E-state index contributed by atoms with van der Waals surface area (Å²) in [6.45, 7) is 2.65. The average Bonchev–Trinajstić information content (AvgIpc) is 2.15. The summed E-state index contributed by atoms with van der Waals surface area (Å²) in [6.07, 6.45) is -5.97. The van der Waals surface area contributed by atoms with Crippen LogP contribution in [0.5, 0.6) is 0 Å². The third kappa shape index (κ3) is 2.11. The minimum Gasteiger partial charge on any atom is -0.462 e. The SMILES string of the molecule is C=CC(=O)OCCC1OC(F)(F)C1(F)F. The van der Waals surface area contributed by atoms with E-state index in [0.717, 1.165) is 6.08 Å². The van der Waals surface area contributed by atoms with E-state index in [4.69, 9.17) is 0 Å². The molecule has 1 heterocycles. The van der Waals surface area contributed by atoms with Crippen LogP contribution in [0.3, 0.4) is 0 Å². The Balaban J connectivity index is 2.31. The van der Waals surface area contributed by atoms with Crippen molar-refractivity contribution in [1.29, 1.82) is 0 Å². The van der Waals surface area contributed by atoms with Gasteiger partial charge in [0, 0.05) is 12.5 Å². The largest absolute Gasteiger partial charge is 0.462 e. The van der Waals surface area contributed by atoms with Crippen molar-refractivity contribution in [2.75, 3.05) is 6.61 Å². The first-order valence-corrected chi connectivity index (χ1v) is 4.04. The number of hydrogen-bond donors (Lipinski definition) is 0. The van der Waals surface area contributed by atoms with Gasteiger partial charge in [0.2, 0.25) is 0 Å². The van der Waals surface area contributed by atoms with E-state index in [9.17, 15) is 22.4 Å². The summed E-state index contributed by atoms with van der Waals surface area (Å²) in [4.78, 5) is 10.5. The van der Waals surface area contributed by atoms with E-state index >= 15 is 0 Å².